The van der Waals surface area contributed by atoms with Gasteiger partial charge in [-0.1, -0.05) is 6.92 Å². The number of hydrogen-bond donors (Lipinski definition) is 1. The number of rotatable bonds is 5. The number of nitrogens with zero attached hydrogens (tertiary/aromatic N) is 4. The first-order valence-corrected chi connectivity index (χ1v) is 7.50. The van der Waals surface area contributed by atoms with Crippen molar-refractivity contribution in [1.82, 2.24) is 19.6 Å². The summed E-state index contributed by atoms with van der Waals surface area (Å²) in [6, 6.07) is 0. The molecule has 1 saturated heterocycles. The molecule has 1 fully saturated rings. The molecule has 0 aliphatic carbocycles. The molecule has 1 N–H and O–H groups in total. The lowest BCUT2D eigenvalue weighted by atomic mass is 10.3. The summed E-state index contributed by atoms with van der Waals surface area (Å²) in [5.41, 5.74) is 0. The number of hydrogen-bond acceptors (Lipinski definition) is 6. The quantitative estimate of drug-likeness (QED) is 0.845. The van der Waals surface area contributed by atoms with Gasteiger partial charge in [-0.2, -0.15) is 4.37 Å². The average molecular weight is 283 g/mol. The maximum absolute atomic E-state index is 11.2. The lowest BCUT2D eigenvalue weighted by Gasteiger charge is -2.34. The summed E-state index contributed by atoms with van der Waals surface area (Å²) in [6.07, 6.45) is 1.47. The summed E-state index contributed by atoms with van der Waals surface area (Å²) in [6.45, 7) is 6.81. The molecular weight excluding hydrogens is 262 g/mol. The van der Waals surface area contributed by atoms with Gasteiger partial charge in [0.1, 0.15) is 5.82 Å². The monoisotopic (exact) mass is 283 g/mol. The number of piperazine rings is 1. The molecule has 0 spiro atoms. The largest absolute Gasteiger partial charge is 0.359 e. The molecule has 0 bridgehead atoms. The van der Waals surface area contributed by atoms with Gasteiger partial charge in [0, 0.05) is 64.1 Å². The van der Waals surface area contributed by atoms with Crippen LogP contribution in [-0.4, -0.2) is 59.9 Å². The Morgan fingerprint density at radius 3 is 2.68 bits per heavy atom. The van der Waals surface area contributed by atoms with E-state index in [9.17, 15) is 4.79 Å². The number of anilines is 1. The van der Waals surface area contributed by atoms with Gasteiger partial charge in [-0.3, -0.25) is 9.69 Å². The minimum Gasteiger partial charge on any atom is -0.359 e. The zero-order valence-electron chi connectivity index (χ0n) is 11.6. The molecule has 1 aromatic rings. The molecule has 0 unspecified atom stereocenters. The van der Waals surface area contributed by atoms with E-state index in [2.05, 4.69) is 31.4 Å². The van der Waals surface area contributed by atoms with Crippen molar-refractivity contribution in [2.24, 2.45) is 0 Å². The topological polar surface area (TPSA) is 61.4 Å². The molecule has 106 valence electrons. The van der Waals surface area contributed by atoms with Crippen molar-refractivity contribution in [3.63, 3.8) is 0 Å². The highest BCUT2D eigenvalue weighted by Crippen LogP contribution is 2.19. The molecular formula is C12H21N5OS. The molecule has 0 radical (unpaired) electrons. The van der Waals surface area contributed by atoms with Gasteiger partial charge in [-0.05, 0) is 0 Å². The van der Waals surface area contributed by atoms with Crippen LogP contribution in [-0.2, 0) is 11.2 Å². The van der Waals surface area contributed by atoms with Crippen molar-refractivity contribution >= 4 is 22.6 Å². The van der Waals surface area contributed by atoms with Crippen LogP contribution in [0.4, 0.5) is 5.13 Å². The Hall–Kier alpha value is -1.21. The van der Waals surface area contributed by atoms with Gasteiger partial charge >= 0.3 is 0 Å². The fourth-order valence-electron chi connectivity index (χ4n) is 2.06. The van der Waals surface area contributed by atoms with E-state index in [1.165, 1.54) is 11.5 Å². The van der Waals surface area contributed by atoms with Gasteiger partial charge in [0.05, 0.1) is 0 Å². The third kappa shape index (κ3) is 3.87. The normalized spacial score (nSPS) is 16.6. The molecule has 1 aromatic heterocycles. The molecule has 1 amide bonds. The number of carbonyl (C=O) groups is 1. The third-order valence-corrected chi connectivity index (χ3v) is 4.17. The summed E-state index contributed by atoms with van der Waals surface area (Å²) < 4.78 is 4.32. The van der Waals surface area contributed by atoms with Crippen LogP contribution in [0, 0.1) is 0 Å². The van der Waals surface area contributed by atoms with Crippen LogP contribution in [0.2, 0.25) is 0 Å². The molecule has 2 heterocycles. The Bertz CT molecular complexity index is 414. The molecule has 6 nitrogen and oxygen atoms in total. The van der Waals surface area contributed by atoms with Crippen LogP contribution in [0.5, 0.6) is 0 Å². The fourth-order valence-corrected chi connectivity index (χ4v) is 2.87. The lowest BCUT2D eigenvalue weighted by molar-refractivity contribution is -0.120. The Morgan fingerprint density at radius 2 is 2.11 bits per heavy atom. The highest BCUT2D eigenvalue weighted by atomic mass is 32.1. The van der Waals surface area contributed by atoms with Gasteiger partial charge in [-0.15, -0.1) is 0 Å². The molecule has 0 aromatic carbocycles. The molecule has 19 heavy (non-hydrogen) atoms. The van der Waals surface area contributed by atoms with Crippen molar-refractivity contribution in [3.8, 4) is 0 Å². The smallest absolute Gasteiger partial charge is 0.221 e. The van der Waals surface area contributed by atoms with E-state index in [1.807, 2.05) is 0 Å². The molecule has 0 saturated carbocycles. The minimum absolute atomic E-state index is 0.110. The number of nitrogens with one attached hydrogen (secondary N) is 1. The summed E-state index contributed by atoms with van der Waals surface area (Å²) in [7, 11) is 1.68. The second-order valence-corrected chi connectivity index (χ2v) is 5.33. The SMILES string of the molecule is CCc1nsc(N2CCN(CCC(=O)NC)CC2)n1. The standard InChI is InChI=1S/C12H21N5OS/c1-3-10-14-12(19-15-10)17-8-6-16(7-9-17)5-4-11(18)13-2/h3-9H2,1-2H3,(H,13,18). The van der Waals surface area contributed by atoms with E-state index in [-0.39, 0.29) is 5.91 Å². The van der Waals surface area contributed by atoms with Crippen LogP contribution in [0.15, 0.2) is 0 Å². The van der Waals surface area contributed by atoms with Crippen LogP contribution < -0.4 is 10.2 Å². The molecule has 2 rings (SSSR count). The Kier molecular flexibility index (Phi) is 5.09. The zero-order valence-corrected chi connectivity index (χ0v) is 12.4. The summed E-state index contributed by atoms with van der Waals surface area (Å²) in [4.78, 5) is 20.3. The predicted molar refractivity (Wildman–Crippen MR) is 76.6 cm³/mol. The number of carbonyl (C=O) groups excluding carboxylic acids is 1. The zero-order chi connectivity index (χ0) is 13.7. The summed E-state index contributed by atoms with van der Waals surface area (Å²) in [5.74, 6) is 1.04. The van der Waals surface area contributed by atoms with Crippen molar-refractivity contribution in [3.05, 3.63) is 5.82 Å². The van der Waals surface area contributed by atoms with Crippen LogP contribution in [0.25, 0.3) is 0 Å². The average Bonchev–Trinajstić information content (AvgIpc) is 2.94. The Labute approximate surface area is 118 Å². The lowest BCUT2D eigenvalue weighted by Crippen LogP contribution is -2.47. The Balaban J connectivity index is 1.77. The van der Waals surface area contributed by atoms with E-state index in [0.717, 1.165) is 50.1 Å². The van der Waals surface area contributed by atoms with Crippen molar-refractivity contribution in [2.45, 2.75) is 19.8 Å². The van der Waals surface area contributed by atoms with Crippen LogP contribution in [0.1, 0.15) is 19.2 Å². The van der Waals surface area contributed by atoms with E-state index in [1.54, 1.807) is 7.05 Å². The van der Waals surface area contributed by atoms with Crippen molar-refractivity contribution in [1.29, 1.82) is 0 Å². The first-order valence-electron chi connectivity index (χ1n) is 6.73. The summed E-state index contributed by atoms with van der Waals surface area (Å²) >= 11 is 1.49. The van der Waals surface area contributed by atoms with Crippen LogP contribution >= 0.6 is 11.5 Å². The van der Waals surface area contributed by atoms with Gasteiger partial charge < -0.3 is 10.2 Å². The fraction of sp³-hybridized carbons (Fsp3) is 0.750. The van der Waals surface area contributed by atoms with Gasteiger partial charge in [0.15, 0.2) is 0 Å². The van der Waals surface area contributed by atoms with Gasteiger partial charge in [0.2, 0.25) is 11.0 Å². The maximum Gasteiger partial charge on any atom is 0.221 e. The molecule has 7 heteroatoms. The van der Waals surface area contributed by atoms with E-state index < -0.39 is 0 Å². The second kappa shape index (κ2) is 6.81. The highest BCUT2D eigenvalue weighted by molar-refractivity contribution is 7.09. The van der Waals surface area contributed by atoms with Gasteiger partial charge in [-0.25, -0.2) is 4.98 Å². The molecule has 0 atom stereocenters. The number of aryl methyl sites for hydroxylation is 1. The van der Waals surface area contributed by atoms with Gasteiger partial charge in [0.25, 0.3) is 0 Å². The molecule has 1 aliphatic heterocycles. The van der Waals surface area contributed by atoms with Crippen LogP contribution in [0.3, 0.4) is 0 Å². The van der Waals surface area contributed by atoms with Crippen molar-refractivity contribution in [2.75, 3.05) is 44.7 Å². The van der Waals surface area contributed by atoms with E-state index >= 15 is 0 Å². The van der Waals surface area contributed by atoms with Crippen molar-refractivity contribution < 1.29 is 4.79 Å². The predicted octanol–water partition coefficient (Wildman–Crippen LogP) is 0.359. The van der Waals surface area contributed by atoms with E-state index in [0.29, 0.717) is 6.42 Å². The number of aromatic nitrogens is 2. The first kappa shape index (κ1) is 14.2. The Morgan fingerprint density at radius 1 is 1.37 bits per heavy atom. The minimum atomic E-state index is 0.110. The van der Waals surface area contributed by atoms with E-state index in [4.69, 9.17) is 0 Å². The molecule has 1 aliphatic rings. The maximum atomic E-state index is 11.2. The first-order chi connectivity index (χ1) is 9.22. The summed E-state index contributed by atoms with van der Waals surface area (Å²) in [5, 5.41) is 3.69. The third-order valence-electron chi connectivity index (χ3n) is 3.35. The second-order valence-electron chi connectivity index (χ2n) is 4.60. The highest BCUT2D eigenvalue weighted by Gasteiger charge is 2.19. The number of amides is 1.